The van der Waals surface area contributed by atoms with Crippen LogP contribution in [0.1, 0.15) is 33.6 Å². The lowest BCUT2D eigenvalue weighted by molar-refractivity contribution is 0.000873. The van der Waals surface area contributed by atoms with Gasteiger partial charge >= 0.3 is 12.2 Å². The molecule has 1 saturated heterocycles. The van der Waals surface area contributed by atoms with Crippen LogP contribution in [0.5, 0.6) is 0 Å². The predicted molar refractivity (Wildman–Crippen MR) is 87.3 cm³/mol. The van der Waals surface area contributed by atoms with Crippen molar-refractivity contribution in [2.45, 2.75) is 45.3 Å². The fourth-order valence-electron chi connectivity index (χ4n) is 2.36. The molecule has 0 saturated carbocycles. The second-order valence-electron chi connectivity index (χ2n) is 6.73. The van der Waals surface area contributed by atoms with Gasteiger partial charge in [0.25, 0.3) is 0 Å². The molecular formula is C17H23FN2O4. The van der Waals surface area contributed by atoms with Crippen LogP contribution in [0.25, 0.3) is 0 Å². The van der Waals surface area contributed by atoms with Gasteiger partial charge in [-0.2, -0.15) is 0 Å². The van der Waals surface area contributed by atoms with Gasteiger partial charge in [0.2, 0.25) is 0 Å². The Balaban J connectivity index is 1.84. The van der Waals surface area contributed by atoms with Crippen LogP contribution < -0.4 is 5.32 Å². The molecule has 0 bridgehead atoms. The second kappa shape index (κ2) is 7.51. The highest BCUT2D eigenvalue weighted by atomic mass is 19.1. The Morgan fingerprint density at radius 3 is 2.54 bits per heavy atom. The predicted octanol–water partition coefficient (Wildman–Crippen LogP) is 3.77. The number of halogens is 1. The first-order chi connectivity index (χ1) is 11.2. The van der Waals surface area contributed by atoms with Gasteiger partial charge in [0, 0.05) is 12.2 Å². The van der Waals surface area contributed by atoms with Crippen LogP contribution in [0.4, 0.5) is 19.7 Å². The van der Waals surface area contributed by atoms with Crippen LogP contribution in [-0.4, -0.2) is 41.9 Å². The molecule has 1 aliphatic rings. The van der Waals surface area contributed by atoms with Gasteiger partial charge in [-0.3, -0.25) is 5.32 Å². The highest BCUT2D eigenvalue weighted by Crippen LogP contribution is 2.18. The Hall–Kier alpha value is -2.31. The molecule has 1 aromatic carbocycles. The molecule has 24 heavy (non-hydrogen) atoms. The van der Waals surface area contributed by atoms with Crippen molar-refractivity contribution >= 4 is 17.9 Å². The van der Waals surface area contributed by atoms with E-state index < -0.39 is 23.9 Å². The minimum atomic E-state index is -0.627. The van der Waals surface area contributed by atoms with Crippen molar-refractivity contribution in [2.75, 3.05) is 18.4 Å². The van der Waals surface area contributed by atoms with E-state index in [1.54, 1.807) is 25.7 Å². The monoisotopic (exact) mass is 338 g/mol. The van der Waals surface area contributed by atoms with E-state index in [1.807, 2.05) is 0 Å². The molecule has 1 N–H and O–H groups in total. The summed E-state index contributed by atoms with van der Waals surface area (Å²) in [6.07, 6.45) is -0.0248. The maximum Gasteiger partial charge on any atom is 0.411 e. The molecule has 1 atom stereocenters. The van der Waals surface area contributed by atoms with E-state index in [9.17, 15) is 14.0 Å². The fraction of sp³-hybridized carbons (Fsp3) is 0.529. The van der Waals surface area contributed by atoms with E-state index >= 15 is 0 Å². The zero-order valence-corrected chi connectivity index (χ0v) is 14.2. The molecule has 2 rings (SSSR count). The third-order valence-corrected chi connectivity index (χ3v) is 3.39. The molecular weight excluding hydrogens is 315 g/mol. The van der Waals surface area contributed by atoms with Gasteiger partial charge < -0.3 is 14.4 Å². The normalized spacial score (nSPS) is 18.0. The van der Waals surface area contributed by atoms with Crippen molar-refractivity contribution < 1.29 is 23.5 Å². The van der Waals surface area contributed by atoms with Crippen LogP contribution in [-0.2, 0) is 9.47 Å². The number of amides is 2. The minimum Gasteiger partial charge on any atom is -0.444 e. The lowest BCUT2D eigenvalue weighted by atomic mass is 10.1. The first-order valence-electron chi connectivity index (χ1n) is 7.94. The Labute approximate surface area is 140 Å². The molecule has 1 aromatic rings. The van der Waals surface area contributed by atoms with E-state index in [-0.39, 0.29) is 5.82 Å². The number of nitrogens with one attached hydrogen (secondary N) is 1. The molecule has 1 unspecified atom stereocenters. The second-order valence-corrected chi connectivity index (χ2v) is 6.73. The summed E-state index contributed by atoms with van der Waals surface area (Å²) >= 11 is 0. The lowest BCUT2D eigenvalue weighted by Gasteiger charge is -2.33. The summed E-state index contributed by atoms with van der Waals surface area (Å²) in [5.41, 5.74) is -0.119. The molecule has 0 spiro atoms. The van der Waals surface area contributed by atoms with Gasteiger partial charge in [-0.05, 0) is 57.9 Å². The molecule has 132 valence electrons. The molecule has 2 amide bonds. The van der Waals surface area contributed by atoms with Gasteiger partial charge in [-0.25, -0.2) is 14.0 Å². The van der Waals surface area contributed by atoms with Gasteiger partial charge in [0.15, 0.2) is 0 Å². The first kappa shape index (κ1) is 18.0. The maximum atomic E-state index is 12.8. The van der Waals surface area contributed by atoms with Crippen molar-refractivity contribution in [3.8, 4) is 0 Å². The van der Waals surface area contributed by atoms with Crippen LogP contribution in [0.3, 0.4) is 0 Å². The minimum absolute atomic E-state index is 0.297. The Morgan fingerprint density at radius 2 is 1.92 bits per heavy atom. The smallest absolute Gasteiger partial charge is 0.411 e. The average Bonchev–Trinajstić information content (AvgIpc) is 2.48. The molecule has 0 radical (unpaired) electrons. The summed E-state index contributed by atoms with van der Waals surface area (Å²) in [7, 11) is 0. The first-order valence-corrected chi connectivity index (χ1v) is 7.94. The zero-order chi connectivity index (χ0) is 17.7. The van der Waals surface area contributed by atoms with Gasteiger partial charge in [-0.1, -0.05) is 0 Å². The highest BCUT2D eigenvalue weighted by Gasteiger charge is 2.29. The number of benzene rings is 1. The van der Waals surface area contributed by atoms with Crippen molar-refractivity contribution in [3.63, 3.8) is 0 Å². The highest BCUT2D eigenvalue weighted by molar-refractivity contribution is 5.84. The summed E-state index contributed by atoms with van der Waals surface area (Å²) in [5.74, 6) is -0.380. The van der Waals surface area contributed by atoms with Crippen molar-refractivity contribution in [2.24, 2.45) is 0 Å². The number of nitrogens with zero attached hydrogens (tertiary/aromatic N) is 1. The molecule has 0 aromatic heterocycles. The quantitative estimate of drug-likeness (QED) is 0.891. The number of rotatable bonds is 2. The largest absolute Gasteiger partial charge is 0.444 e. The number of ether oxygens (including phenoxy) is 2. The molecule has 1 fully saturated rings. The standard InChI is InChI=1S/C17H23FN2O4/c1-17(2,3)24-16(22)20-10-4-5-14(11-20)23-15(21)19-13-8-6-12(18)7-9-13/h6-9,14H,4-5,10-11H2,1-3H3,(H,19,21). The number of carbonyl (C=O) groups is 2. The molecule has 1 aliphatic heterocycles. The Kier molecular flexibility index (Phi) is 5.64. The van der Waals surface area contributed by atoms with E-state index in [0.717, 1.165) is 6.42 Å². The summed E-state index contributed by atoms with van der Waals surface area (Å²) in [6.45, 7) is 6.29. The van der Waals surface area contributed by atoms with Crippen LogP contribution in [0, 0.1) is 5.82 Å². The maximum absolute atomic E-state index is 12.8. The number of anilines is 1. The van der Waals surface area contributed by atoms with Crippen molar-refractivity contribution in [3.05, 3.63) is 30.1 Å². The fourth-order valence-corrected chi connectivity index (χ4v) is 2.36. The average molecular weight is 338 g/mol. The van der Waals surface area contributed by atoms with E-state index in [1.165, 1.54) is 24.3 Å². The third-order valence-electron chi connectivity index (χ3n) is 3.39. The van der Waals surface area contributed by atoms with Gasteiger partial charge in [0.1, 0.15) is 17.5 Å². The van der Waals surface area contributed by atoms with Crippen LogP contribution >= 0.6 is 0 Å². The van der Waals surface area contributed by atoms with E-state index in [4.69, 9.17) is 9.47 Å². The number of hydrogen-bond acceptors (Lipinski definition) is 4. The molecule has 6 nitrogen and oxygen atoms in total. The van der Waals surface area contributed by atoms with Crippen LogP contribution in [0.2, 0.25) is 0 Å². The Morgan fingerprint density at radius 1 is 1.25 bits per heavy atom. The lowest BCUT2D eigenvalue weighted by Crippen LogP contribution is -2.46. The molecule has 7 heteroatoms. The van der Waals surface area contributed by atoms with Crippen molar-refractivity contribution in [1.29, 1.82) is 0 Å². The summed E-state index contributed by atoms with van der Waals surface area (Å²) in [6, 6.07) is 5.40. The number of hydrogen-bond donors (Lipinski definition) is 1. The van der Waals surface area contributed by atoms with Gasteiger partial charge in [-0.15, -0.1) is 0 Å². The summed E-state index contributed by atoms with van der Waals surface area (Å²) < 4.78 is 23.5. The summed E-state index contributed by atoms with van der Waals surface area (Å²) in [4.78, 5) is 25.5. The number of piperidine rings is 1. The van der Waals surface area contributed by atoms with Crippen LogP contribution in [0.15, 0.2) is 24.3 Å². The number of likely N-dealkylation sites (tertiary alicyclic amines) is 1. The Bertz CT molecular complexity index is 583. The van der Waals surface area contributed by atoms with E-state index in [2.05, 4.69) is 5.32 Å². The third kappa shape index (κ3) is 5.72. The zero-order valence-electron chi connectivity index (χ0n) is 14.2. The van der Waals surface area contributed by atoms with E-state index in [0.29, 0.717) is 25.2 Å². The molecule has 1 heterocycles. The molecule has 0 aliphatic carbocycles. The number of carbonyl (C=O) groups excluding carboxylic acids is 2. The van der Waals surface area contributed by atoms with Crippen molar-refractivity contribution in [1.82, 2.24) is 4.90 Å². The SMILES string of the molecule is CC(C)(C)OC(=O)N1CCCC(OC(=O)Nc2ccc(F)cc2)C1. The van der Waals surface area contributed by atoms with Gasteiger partial charge in [0.05, 0.1) is 6.54 Å². The topological polar surface area (TPSA) is 67.9 Å². The summed E-state index contributed by atoms with van der Waals surface area (Å²) in [5, 5.41) is 2.54.